The standard InChI is InChI=1S/C18H24N2O6/c1-11(19-17(22)26-18(2,3)4)15(12-5-6-12)25-16(21)13-7-9-14(10-8-13)20(23)24/h7-12,15H,5-6H2,1-4H3,(H,19,22)/t11-,15?/m1/s1. The van der Waals surface area contributed by atoms with Crippen LogP contribution in [0.4, 0.5) is 10.5 Å². The molecule has 0 heterocycles. The van der Waals surface area contributed by atoms with E-state index >= 15 is 0 Å². The van der Waals surface area contributed by atoms with Crippen molar-refractivity contribution in [2.45, 2.75) is 58.3 Å². The highest BCUT2D eigenvalue weighted by Gasteiger charge is 2.39. The van der Waals surface area contributed by atoms with Gasteiger partial charge in [-0.15, -0.1) is 0 Å². The monoisotopic (exact) mass is 364 g/mol. The Morgan fingerprint density at radius 3 is 2.27 bits per heavy atom. The highest BCUT2D eigenvalue weighted by Crippen LogP contribution is 2.36. The maximum absolute atomic E-state index is 12.4. The molecule has 1 saturated carbocycles. The van der Waals surface area contributed by atoms with Crippen molar-refractivity contribution >= 4 is 17.7 Å². The molecule has 8 nitrogen and oxygen atoms in total. The summed E-state index contributed by atoms with van der Waals surface area (Å²) >= 11 is 0. The van der Waals surface area contributed by atoms with E-state index in [9.17, 15) is 19.7 Å². The molecule has 1 amide bonds. The number of nitro groups is 1. The molecular formula is C18H24N2O6. The molecule has 1 aliphatic carbocycles. The van der Waals surface area contributed by atoms with Crippen LogP contribution in [0.3, 0.4) is 0 Å². The summed E-state index contributed by atoms with van der Waals surface area (Å²) in [5.41, 5.74) is -0.486. The predicted octanol–water partition coefficient (Wildman–Crippen LogP) is 3.44. The van der Waals surface area contributed by atoms with Gasteiger partial charge in [-0.25, -0.2) is 9.59 Å². The van der Waals surface area contributed by atoms with Crippen molar-refractivity contribution in [3.8, 4) is 0 Å². The van der Waals surface area contributed by atoms with Gasteiger partial charge in [-0.3, -0.25) is 10.1 Å². The topological polar surface area (TPSA) is 108 Å². The van der Waals surface area contributed by atoms with Crippen molar-refractivity contribution in [1.29, 1.82) is 0 Å². The van der Waals surface area contributed by atoms with Crippen LogP contribution in [0, 0.1) is 16.0 Å². The van der Waals surface area contributed by atoms with Gasteiger partial charge in [0.25, 0.3) is 5.69 Å². The molecule has 1 aliphatic rings. The maximum atomic E-state index is 12.4. The number of carbonyl (C=O) groups is 2. The van der Waals surface area contributed by atoms with Gasteiger partial charge >= 0.3 is 12.1 Å². The zero-order valence-electron chi connectivity index (χ0n) is 15.4. The Hall–Kier alpha value is -2.64. The first-order valence-corrected chi connectivity index (χ1v) is 8.52. The number of carbonyl (C=O) groups excluding carboxylic acids is 2. The molecule has 1 fully saturated rings. The third kappa shape index (κ3) is 5.72. The molecule has 0 aliphatic heterocycles. The Bertz CT molecular complexity index is 676. The fourth-order valence-corrected chi connectivity index (χ4v) is 2.52. The van der Waals surface area contributed by atoms with Gasteiger partial charge < -0.3 is 14.8 Å². The zero-order valence-corrected chi connectivity index (χ0v) is 15.4. The van der Waals surface area contributed by atoms with Gasteiger partial charge in [-0.05, 0) is 58.6 Å². The van der Waals surface area contributed by atoms with Crippen LogP contribution < -0.4 is 5.32 Å². The van der Waals surface area contributed by atoms with E-state index in [0.29, 0.717) is 0 Å². The number of benzene rings is 1. The molecular weight excluding hydrogens is 340 g/mol. The van der Waals surface area contributed by atoms with Gasteiger partial charge in [0.15, 0.2) is 0 Å². The summed E-state index contributed by atoms with van der Waals surface area (Å²) in [6.45, 7) is 7.06. The number of non-ortho nitro benzene ring substituents is 1. The molecule has 0 radical (unpaired) electrons. The lowest BCUT2D eigenvalue weighted by atomic mass is 10.1. The van der Waals surface area contributed by atoms with Crippen molar-refractivity contribution in [2.24, 2.45) is 5.92 Å². The lowest BCUT2D eigenvalue weighted by Gasteiger charge is -2.27. The maximum Gasteiger partial charge on any atom is 0.407 e. The normalized spacial score (nSPS) is 16.3. The number of nitrogens with zero attached hydrogens (tertiary/aromatic N) is 1. The highest BCUT2D eigenvalue weighted by atomic mass is 16.6. The number of nitrogens with one attached hydrogen (secondary N) is 1. The van der Waals surface area contributed by atoms with E-state index in [4.69, 9.17) is 9.47 Å². The van der Waals surface area contributed by atoms with Crippen LogP contribution in [-0.2, 0) is 9.47 Å². The van der Waals surface area contributed by atoms with E-state index in [2.05, 4.69) is 5.32 Å². The number of amides is 1. The van der Waals surface area contributed by atoms with E-state index in [1.807, 2.05) is 0 Å². The molecule has 0 aromatic heterocycles. The van der Waals surface area contributed by atoms with E-state index < -0.39 is 34.7 Å². The minimum Gasteiger partial charge on any atom is -0.456 e. The molecule has 1 N–H and O–H groups in total. The van der Waals surface area contributed by atoms with Crippen LogP contribution in [0.15, 0.2) is 24.3 Å². The number of nitro benzene ring substituents is 1. The minimum absolute atomic E-state index is 0.0970. The SMILES string of the molecule is C[C@@H](NC(=O)OC(C)(C)C)C(OC(=O)c1ccc([N+](=O)[O-])cc1)C1CC1. The summed E-state index contributed by atoms with van der Waals surface area (Å²) in [5.74, 6) is -0.392. The molecule has 1 aromatic carbocycles. The lowest BCUT2D eigenvalue weighted by molar-refractivity contribution is -0.384. The highest BCUT2D eigenvalue weighted by molar-refractivity contribution is 5.89. The van der Waals surface area contributed by atoms with Crippen molar-refractivity contribution in [1.82, 2.24) is 5.32 Å². The second-order valence-electron chi connectivity index (χ2n) is 7.45. The Morgan fingerprint density at radius 2 is 1.81 bits per heavy atom. The van der Waals surface area contributed by atoms with Crippen LogP contribution in [0.2, 0.25) is 0 Å². The molecule has 8 heteroatoms. The van der Waals surface area contributed by atoms with Gasteiger partial charge in [-0.2, -0.15) is 0 Å². The number of rotatable bonds is 6. The quantitative estimate of drug-likeness (QED) is 0.470. The van der Waals surface area contributed by atoms with Crippen molar-refractivity contribution in [3.63, 3.8) is 0 Å². The van der Waals surface area contributed by atoms with Gasteiger partial charge in [0, 0.05) is 12.1 Å². The molecule has 0 bridgehead atoms. The first kappa shape index (κ1) is 19.7. The smallest absolute Gasteiger partial charge is 0.407 e. The van der Waals surface area contributed by atoms with Gasteiger partial charge in [0.2, 0.25) is 0 Å². The summed E-state index contributed by atoms with van der Waals surface area (Å²) < 4.78 is 10.8. The third-order valence-electron chi connectivity index (χ3n) is 3.88. The largest absolute Gasteiger partial charge is 0.456 e. The summed E-state index contributed by atoms with van der Waals surface area (Å²) in [4.78, 5) is 34.4. The van der Waals surface area contributed by atoms with Crippen LogP contribution in [0.25, 0.3) is 0 Å². The summed E-state index contributed by atoms with van der Waals surface area (Å²) in [6, 6.07) is 4.81. The Balaban J connectivity index is 2.00. The number of hydrogen-bond donors (Lipinski definition) is 1. The second-order valence-corrected chi connectivity index (χ2v) is 7.45. The van der Waals surface area contributed by atoms with Gasteiger partial charge in [0.05, 0.1) is 16.5 Å². The number of esters is 1. The molecule has 0 spiro atoms. The van der Waals surface area contributed by atoms with E-state index in [-0.39, 0.29) is 17.2 Å². The number of alkyl carbamates (subject to hydrolysis) is 1. The van der Waals surface area contributed by atoms with Crippen LogP contribution in [0.5, 0.6) is 0 Å². The zero-order chi connectivity index (χ0) is 19.5. The summed E-state index contributed by atoms with van der Waals surface area (Å²) in [6.07, 6.45) is 0.782. The fraction of sp³-hybridized carbons (Fsp3) is 0.556. The van der Waals surface area contributed by atoms with Crippen molar-refractivity contribution in [2.75, 3.05) is 0 Å². The van der Waals surface area contributed by atoms with Gasteiger partial charge in [0.1, 0.15) is 11.7 Å². The Kier molecular flexibility index (Phi) is 5.84. The molecule has 1 unspecified atom stereocenters. The van der Waals surface area contributed by atoms with E-state index in [1.165, 1.54) is 24.3 Å². The van der Waals surface area contributed by atoms with E-state index in [0.717, 1.165) is 12.8 Å². The Labute approximate surface area is 152 Å². The van der Waals surface area contributed by atoms with Crippen molar-refractivity contribution in [3.05, 3.63) is 39.9 Å². The molecule has 142 valence electrons. The summed E-state index contributed by atoms with van der Waals surface area (Å²) in [7, 11) is 0. The van der Waals surface area contributed by atoms with Crippen LogP contribution >= 0.6 is 0 Å². The molecule has 1 aromatic rings. The minimum atomic E-state index is -0.617. The third-order valence-corrected chi connectivity index (χ3v) is 3.88. The second kappa shape index (κ2) is 7.72. The fourth-order valence-electron chi connectivity index (χ4n) is 2.52. The van der Waals surface area contributed by atoms with Gasteiger partial charge in [-0.1, -0.05) is 0 Å². The number of ether oxygens (including phenoxy) is 2. The van der Waals surface area contributed by atoms with Crippen molar-refractivity contribution < 1.29 is 24.0 Å². The first-order chi connectivity index (χ1) is 12.1. The van der Waals surface area contributed by atoms with Crippen LogP contribution in [0.1, 0.15) is 50.9 Å². The Morgan fingerprint density at radius 1 is 1.23 bits per heavy atom. The first-order valence-electron chi connectivity index (χ1n) is 8.52. The average molecular weight is 364 g/mol. The predicted molar refractivity (Wildman–Crippen MR) is 93.9 cm³/mol. The molecule has 2 atom stereocenters. The number of hydrogen-bond acceptors (Lipinski definition) is 6. The average Bonchev–Trinajstić information content (AvgIpc) is 3.35. The van der Waals surface area contributed by atoms with E-state index in [1.54, 1.807) is 27.7 Å². The molecule has 26 heavy (non-hydrogen) atoms. The lowest BCUT2D eigenvalue weighted by Crippen LogP contribution is -2.46. The molecule has 0 saturated heterocycles. The molecule has 2 rings (SSSR count). The summed E-state index contributed by atoms with van der Waals surface area (Å²) in [5, 5.41) is 13.4. The van der Waals surface area contributed by atoms with Crippen LogP contribution in [-0.4, -0.2) is 34.7 Å².